The molecule has 1 unspecified atom stereocenters. The first-order chi connectivity index (χ1) is 28.4. The molecule has 3 aliphatic rings. The van der Waals surface area contributed by atoms with Gasteiger partial charge in [-0.3, -0.25) is 14.2 Å². The number of phosphoric acid groups is 1. The van der Waals surface area contributed by atoms with Gasteiger partial charge in [-0.05, 0) is 55.5 Å². The van der Waals surface area contributed by atoms with Crippen molar-refractivity contribution >= 4 is 93.5 Å². The predicted molar refractivity (Wildman–Crippen MR) is 232 cm³/mol. The monoisotopic (exact) mass is 856 g/mol. The quantitative estimate of drug-likeness (QED) is 0.0823. The predicted octanol–water partition coefficient (Wildman–Crippen LogP) is 4.91. The third-order valence-electron chi connectivity index (χ3n) is 10.5. The van der Waals surface area contributed by atoms with E-state index >= 15 is 0 Å². The fourth-order valence-corrected chi connectivity index (χ4v) is 8.33. The second kappa shape index (κ2) is 19.4. The van der Waals surface area contributed by atoms with Crippen molar-refractivity contribution in [3.05, 3.63) is 194 Å². The fraction of sp³-hybridized carbons (Fsp3) is 0.111. The number of allylic oxidation sites excluding steroid dienone is 1. The van der Waals surface area contributed by atoms with E-state index in [0.29, 0.717) is 5.57 Å². The summed E-state index contributed by atoms with van der Waals surface area (Å²) in [6.45, 7) is 1.54. The second-order valence-corrected chi connectivity index (χ2v) is 14.9. The van der Waals surface area contributed by atoms with Crippen molar-refractivity contribution in [2.45, 2.75) is 12.5 Å². The van der Waals surface area contributed by atoms with E-state index in [1.807, 2.05) is 172 Å². The van der Waals surface area contributed by atoms with Crippen molar-refractivity contribution in [1.29, 1.82) is 0 Å². The third-order valence-corrected chi connectivity index (χ3v) is 11.0. The number of aryl methyl sites for hydroxylation is 1. The standard InChI is InChI=1S/C16H16NO4P.C15H11NO3.C14H11NO.2Na.O2/c1-11(21-22(18,19)20)16-12-7-3-5-9-14(12)17(2)15-10-6-4-8-13(15)16;1-16-12-8-4-2-6-10(12)15(14(17)18-19-15)11-7-3-5-9-13(11)16;1-15-12-8-4-2-6-10(12)14(16)11-7-3-5-9-13(11)15;;;1-2/h3-10H,1-2H3,(H2,18,19,20);2-9H,1H3;2-9H,1H3;;;/q;;;;+1;/p-1. The number of hydrogen-bond acceptors (Lipinski definition) is 11. The molecule has 1 N–H and O–H groups in total. The zero-order valence-electron chi connectivity index (χ0n) is 34.3. The Morgan fingerprint density at radius 2 is 1.02 bits per heavy atom. The van der Waals surface area contributed by atoms with Crippen molar-refractivity contribution in [3.8, 4) is 0 Å². The molecule has 1 fully saturated rings. The number of anilines is 4. The normalized spacial score (nSPS) is 14.3. The van der Waals surface area contributed by atoms with Crippen LogP contribution in [0.25, 0.3) is 27.4 Å². The number of rotatable bonds is 2. The molecule has 1 spiro atoms. The molecule has 13 nitrogen and oxygen atoms in total. The molecular formula is C45H37N3Na2O10P. The van der Waals surface area contributed by atoms with Crippen LogP contribution in [0, 0.1) is 9.93 Å². The summed E-state index contributed by atoms with van der Waals surface area (Å²) in [5, 5.41) is 1.56. The number of phosphoric ester groups is 1. The Hall–Kier alpha value is -4.89. The summed E-state index contributed by atoms with van der Waals surface area (Å²) in [7, 11) is 1.08. The topological polar surface area (TPSA) is 168 Å². The molecular weight excluding hydrogens is 819 g/mol. The first kappa shape index (κ1) is 47.2. The average molecular weight is 857 g/mol. The zero-order chi connectivity index (χ0) is 42.1. The molecule has 16 heteroatoms. The Kier molecular flexibility index (Phi) is 15.0. The summed E-state index contributed by atoms with van der Waals surface area (Å²) in [4.78, 5) is 72.4. The van der Waals surface area contributed by atoms with Gasteiger partial charge in [0, 0.05) is 122 Å². The van der Waals surface area contributed by atoms with E-state index in [1.54, 1.807) is 0 Å². The maximum atomic E-state index is 12.2. The zero-order valence-corrected chi connectivity index (χ0v) is 39.2. The van der Waals surface area contributed by atoms with Gasteiger partial charge in [0.15, 0.2) is 5.43 Å². The summed E-state index contributed by atoms with van der Waals surface area (Å²) in [5.74, 6) is -0.214. The number of pyridine rings is 1. The molecule has 1 aromatic heterocycles. The molecule has 0 bridgehead atoms. The van der Waals surface area contributed by atoms with Crippen molar-refractivity contribution in [2.75, 3.05) is 23.9 Å². The van der Waals surface area contributed by atoms with Crippen LogP contribution in [0.5, 0.6) is 0 Å². The molecule has 10 rings (SSSR count). The van der Waals surface area contributed by atoms with E-state index in [2.05, 4.69) is 14.4 Å². The van der Waals surface area contributed by atoms with Crippen molar-refractivity contribution in [2.24, 2.45) is 7.05 Å². The van der Waals surface area contributed by atoms with Crippen LogP contribution in [-0.4, -0.2) is 59.1 Å². The molecule has 7 aromatic rings. The Labute approximate surface area is 395 Å². The number of carbonyl (C=O) groups excluding carboxylic acids is 1. The van der Waals surface area contributed by atoms with Gasteiger partial charge in [0.25, 0.3) is 5.60 Å². The van der Waals surface area contributed by atoms with Gasteiger partial charge in [-0.1, -0.05) is 97.1 Å². The van der Waals surface area contributed by atoms with Gasteiger partial charge >= 0.3 is 43.3 Å². The summed E-state index contributed by atoms with van der Waals surface area (Å²) >= 11 is 0. The Bertz CT molecular complexity index is 2740. The van der Waals surface area contributed by atoms with Crippen molar-refractivity contribution < 1.29 is 63.0 Å². The average Bonchev–Trinajstić information content (AvgIpc) is 3.26. The smallest absolute Gasteiger partial charge is 0.746 e. The number of para-hydroxylation sites is 6. The van der Waals surface area contributed by atoms with E-state index in [9.17, 15) is 19.0 Å². The van der Waals surface area contributed by atoms with Crippen LogP contribution < -0.4 is 49.7 Å². The Morgan fingerprint density at radius 3 is 1.43 bits per heavy atom. The van der Waals surface area contributed by atoms with E-state index in [0.717, 1.165) is 66.8 Å². The van der Waals surface area contributed by atoms with Crippen LogP contribution in [0.1, 0.15) is 29.2 Å². The summed E-state index contributed by atoms with van der Waals surface area (Å²) in [6.07, 6.45) is 0. The number of carbonyl (C=O) groups is 1. The molecule has 61 heavy (non-hydrogen) atoms. The maximum absolute atomic E-state index is 12.2. The molecule has 0 saturated carbocycles. The van der Waals surface area contributed by atoms with Gasteiger partial charge in [-0.15, -0.1) is 0 Å². The molecule has 299 valence electrons. The Balaban J connectivity index is 0.000000169. The Morgan fingerprint density at radius 1 is 0.639 bits per heavy atom. The van der Waals surface area contributed by atoms with Crippen LogP contribution in [0.3, 0.4) is 0 Å². The minimum absolute atomic E-state index is 0. The summed E-state index contributed by atoms with van der Waals surface area (Å²) in [5.41, 5.74) is 8.80. The van der Waals surface area contributed by atoms with Crippen LogP contribution in [0.4, 0.5) is 22.7 Å². The minimum atomic E-state index is -4.85. The number of benzene rings is 6. The molecule has 1 radical (unpaired) electrons. The van der Waals surface area contributed by atoms with E-state index in [1.165, 1.54) is 6.92 Å². The van der Waals surface area contributed by atoms with Crippen LogP contribution in [0.15, 0.2) is 156 Å². The first-order valence-electron chi connectivity index (χ1n) is 18.2. The summed E-state index contributed by atoms with van der Waals surface area (Å²) < 4.78 is 17.9. The van der Waals surface area contributed by atoms with Crippen molar-refractivity contribution in [1.82, 2.24) is 4.57 Å². The van der Waals surface area contributed by atoms with Crippen molar-refractivity contribution in [3.63, 3.8) is 0 Å². The third kappa shape index (κ3) is 8.64. The number of nitrogens with zero attached hydrogens (tertiary/aromatic N) is 3. The van der Waals surface area contributed by atoms with Gasteiger partial charge in [-0.2, -0.15) is 4.89 Å². The van der Waals surface area contributed by atoms with Crippen LogP contribution in [0.2, 0.25) is 0 Å². The molecule has 3 aliphatic heterocycles. The molecule has 1 atom stereocenters. The van der Waals surface area contributed by atoms with E-state index in [4.69, 9.17) is 24.2 Å². The van der Waals surface area contributed by atoms with E-state index in [-0.39, 0.29) is 76.3 Å². The molecule has 1 saturated heterocycles. The number of fused-ring (bicyclic) bond motifs is 8. The van der Waals surface area contributed by atoms with Gasteiger partial charge in [-0.25, -0.2) is 4.79 Å². The number of hydrogen-bond donors (Lipinski definition) is 1. The summed E-state index contributed by atoms with van der Waals surface area (Å²) in [6, 6.07) is 46.2. The van der Waals surface area contributed by atoms with Gasteiger partial charge in [0.05, 0.1) is 11.0 Å². The molecule has 4 heterocycles. The van der Waals surface area contributed by atoms with E-state index < -0.39 is 13.4 Å². The van der Waals surface area contributed by atoms with Crippen LogP contribution in [-0.2, 0) is 36.3 Å². The first-order valence-corrected chi connectivity index (χ1v) is 19.7. The maximum Gasteiger partial charge on any atom is 1.00 e. The van der Waals surface area contributed by atoms with Crippen LogP contribution >= 0.6 is 7.82 Å². The SMILES string of the molecule is CC(OP(=O)([O-])O)=C1c2ccccc2N(C)c2ccccc21.CN1c2ccccc2C2(OOC2=O)c2ccccc21.Cn1c2ccccc2c(=O)c2ccccc21.O=O.[Na+].[Na]. The second-order valence-electron chi connectivity index (χ2n) is 13.7. The molecule has 0 amide bonds. The largest absolute Gasteiger partial charge is 1.00 e. The van der Waals surface area contributed by atoms with Gasteiger partial charge in [0.1, 0.15) is 5.76 Å². The molecule has 6 aromatic carbocycles. The molecule has 0 aliphatic carbocycles. The fourth-order valence-electron chi connectivity index (χ4n) is 7.89. The van der Waals surface area contributed by atoms with Gasteiger partial charge in [0.2, 0.25) is 0 Å². The minimum Gasteiger partial charge on any atom is -0.746 e. The number of aromatic nitrogens is 1. The van der Waals surface area contributed by atoms with Gasteiger partial charge < -0.3 is 28.7 Å².